The number of hydrogen-bond acceptors (Lipinski definition) is 6. The van der Waals surface area contributed by atoms with E-state index < -0.39 is 20.0 Å². The summed E-state index contributed by atoms with van der Waals surface area (Å²) in [4.78, 5) is 4.94. The number of nitrogens with one attached hydrogen (secondary N) is 2. The lowest BCUT2D eigenvalue weighted by molar-refractivity contribution is 0.197. The highest BCUT2D eigenvalue weighted by Crippen LogP contribution is 2.30. The zero-order valence-corrected chi connectivity index (χ0v) is 26.8. The molecule has 1 fully saturated rings. The topological polar surface area (TPSA) is 98.8 Å². The van der Waals surface area contributed by atoms with Crippen LogP contribution in [0.2, 0.25) is 0 Å². The molecule has 1 aliphatic carbocycles. The molecule has 1 saturated carbocycles. The van der Waals surface area contributed by atoms with E-state index in [9.17, 15) is 16.8 Å². The van der Waals surface area contributed by atoms with Crippen LogP contribution in [0.25, 0.3) is 10.8 Å². The van der Waals surface area contributed by atoms with Crippen molar-refractivity contribution in [2.75, 3.05) is 51.7 Å². The van der Waals surface area contributed by atoms with Crippen molar-refractivity contribution < 1.29 is 16.8 Å². The summed E-state index contributed by atoms with van der Waals surface area (Å²) in [5, 5.41) is 1.62. The quantitative estimate of drug-likeness (QED) is 0.230. The highest BCUT2D eigenvalue weighted by Gasteiger charge is 2.20. The van der Waals surface area contributed by atoms with Gasteiger partial charge in [-0.25, -0.2) is 26.3 Å². The van der Waals surface area contributed by atoms with Crippen molar-refractivity contribution >= 4 is 36.5 Å². The summed E-state index contributed by atoms with van der Waals surface area (Å²) in [5.41, 5.74) is 1.99. The number of nitrogens with zero attached hydrogens (tertiary/aromatic N) is 2. The van der Waals surface area contributed by atoms with Crippen molar-refractivity contribution in [3.63, 3.8) is 0 Å². The molecule has 0 atom stereocenters. The highest BCUT2D eigenvalue weighted by molar-refractivity contribution is 7.90. The van der Waals surface area contributed by atoms with Crippen molar-refractivity contribution in [3.8, 4) is 0 Å². The van der Waals surface area contributed by atoms with Crippen LogP contribution in [-0.2, 0) is 20.0 Å². The first kappa shape index (κ1) is 32.4. The van der Waals surface area contributed by atoms with Crippen LogP contribution in [0.5, 0.6) is 0 Å². The van der Waals surface area contributed by atoms with Crippen LogP contribution < -0.4 is 14.3 Å². The summed E-state index contributed by atoms with van der Waals surface area (Å²) in [5.74, 6) is 0.640. The van der Waals surface area contributed by atoms with Crippen LogP contribution in [0.15, 0.2) is 70.5 Å². The lowest BCUT2D eigenvalue weighted by atomic mass is 9.89. The Morgan fingerprint density at radius 2 is 1.33 bits per heavy atom. The number of sulfonamides is 2. The third-order valence-corrected chi connectivity index (χ3v) is 11.1. The first-order chi connectivity index (χ1) is 20.1. The van der Waals surface area contributed by atoms with E-state index in [0.29, 0.717) is 42.1 Å². The lowest BCUT2D eigenvalue weighted by Gasteiger charge is -2.30. The summed E-state index contributed by atoms with van der Waals surface area (Å²) in [7, 11) is -3.32. The molecule has 0 heterocycles. The van der Waals surface area contributed by atoms with Gasteiger partial charge in [-0.2, -0.15) is 0 Å². The van der Waals surface area contributed by atoms with E-state index in [-0.39, 0.29) is 4.90 Å². The van der Waals surface area contributed by atoms with Crippen molar-refractivity contribution in [3.05, 3.63) is 66.2 Å². The summed E-state index contributed by atoms with van der Waals surface area (Å²) < 4.78 is 57.5. The van der Waals surface area contributed by atoms with Crippen LogP contribution in [-0.4, -0.2) is 68.6 Å². The number of benzene rings is 3. The molecule has 10 heteroatoms. The second-order valence-electron chi connectivity index (χ2n) is 11.6. The molecule has 0 bridgehead atoms. The van der Waals surface area contributed by atoms with E-state index in [1.807, 2.05) is 50.2 Å². The predicted molar refractivity (Wildman–Crippen MR) is 172 cm³/mol. The maximum Gasteiger partial charge on any atom is 0.241 e. The van der Waals surface area contributed by atoms with Gasteiger partial charge in [0.25, 0.3) is 0 Å². The van der Waals surface area contributed by atoms with Crippen LogP contribution in [0.1, 0.15) is 50.5 Å². The molecule has 0 amide bonds. The van der Waals surface area contributed by atoms with Gasteiger partial charge >= 0.3 is 0 Å². The number of anilines is 1. The zero-order chi connectivity index (χ0) is 30.2. The molecule has 0 spiro atoms. The molecule has 230 valence electrons. The number of rotatable bonds is 15. The third kappa shape index (κ3) is 8.76. The van der Waals surface area contributed by atoms with E-state index in [1.165, 1.54) is 32.1 Å². The van der Waals surface area contributed by atoms with Crippen LogP contribution in [0.4, 0.5) is 5.69 Å². The van der Waals surface area contributed by atoms with Crippen LogP contribution in [0, 0.1) is 12.8 Å². The highest BCUT2D eigenvalue weighted by atomic mass is 32.2. The molecule has 8 nitrogen and oxygen atoms in total. The van der Waals surface area contributed by atoms with Gasteiger partial charge < -0.3 is 9.80 Å². The van der Waals surface area contributed by atoms with Crippen molar-refractivity contribution in [1.82, 2.24) is 14.3 Å². The Kier molecular flexibility index (Phi) is 11.4. The zero-order valence-electron chi connectivity index (χ0n) is 25.2. The second kappa shape index (κ2) is 14.8. The van der Waals surface area contributed by atoms with Crippen LogP contribution >= 0.6 is 0 Å². The van der Waals surface area contributed by atoms with E-state index >= 15 is 0 Å². The van der Waals surface area contributed by atoms with Gasteiger partial charge in [0.1, 0.15) is 0 Å². The molecule has 4 rings (SSSR count). The van der Waals surface area contributed by atoms with Gasteiger partial charge in [0.15, 0.2) is 0 Å². The number of fused-ring (bicyclic) bond motifs is 1. The standard InChI is InChI=1S/C32H46N4O4S2/c1-26-17-19-28(20-18-26)41(37,38)33-21-9-23-36(25-27-11-5-4-6-12-27)24-10-22-34-42(39,40)32-16-8-13-29-30(32)14-7-15-31(29)35(2)3/h7-8,13-20,27,33-34H,4-6,9-12,21-25H2,1-3H3. The normalized spacial score (nSPS) is 15.0. The van der Waals surface area contributed by atoms with Gasteiger partial charge in [0.05, 0.1) is 9.79 Å². The molecule has 3 aromatic carbocycles. The van der Waals surface area contributed by atoms with Crippen molar-refractivity contribution in [2.45, 2.75) is 61.7 Å². The Morgan fingerprint density at radius 1 is 0.738 bits per heavy atom. The summed E-state index contributed by atoms with van der Waals surface area (Å²) >= 11 is 0. The molecule has 0 saturated heterocycles. The minimum Gasteiger partial charge on any atom is -0.377 e. The SMILES string of the molecule is Cc1ccc(S(=O)(=O)NCCCN(CCCNS(=O)(=O)c2cccc3c(N(C)C)cccc23)CC2CCCCC2)cc1. The molecule has 2 N–H and O–H groups in total. The smallest absolute Gasteiger partial charge is 0.241 e. The number of hydrogen-bond donors (Lipinski definition) is 2. The van der Waals surface area contributed by atoms with Gasteiger partial charge in [0.2, 0.25) is 20.0 Å². The Balaban J connectivity index is 1.33. The lowest BCUT2D eigenvalue weighted by Crippen LogP contribution is -2.36. The van der Waals surface area contributed by atoms with Crippen LogP contribution in [0.3, 0.4) is 0 Å². The van der Waals surface area contributed by atoms with E-state index in [1.54, 1.807) is 36.4 Å². The molecule has 0 radical (unpaired) electrons. The first-order valence-corrected chi connectivity index (χ1v) is 18.0. The minimum absolute atomic E-state index is 0.281. The Labute approximate surface area is 252 Å². The van der Waals surface area contributed by atoms with Gasteiger partial charge in [-0.15, -0.1) is 0 Å². The predicted octanol–water partition coefficient (Wildman–Crippen LogP) is 5.13. The van der Waals surface area contributed by atoms with Crippen molar-refractivity contribution in [1.29, 1.82) is 0 Å². The third-order valence-electron chi connectivity index (χ3n) is 8.09. The summed E-state index contributed by atoms with van der Waals surface area (Å²) in [6.07, 6.45) is 7.62. The fraction of sp³-hybridized carbons (Fsp3) is 0.500. The van der Waals surface area contributed by atoms with Gasteiger partial charge in [-0.05, 0) is 75.9 Å². The molecule has 0 aliphatic heterocycles. The van der Waals surface area contributed by atoms with Gasteiger partial charge in [-0.1, -0.05) is 61.2 Å². The molecular formula is C32H46N4O4S2. The first-order valence-electron chi connectivity index (χ1n) is 15.0. The molecule has 0 unspecified atom stereocenters. The summed E-state index contributed by atoms with van der Waals surface area (Å²) in [6.45, 7) is 5.11. The molecule has 0 aromatic heterocycles. The fourth-order valence-electron chi connectivity index (χ4n) is 5.82. The summed E-state index contributed by atoms with van der Waals surface area (Å²) in [6, 6.07) is 18.0. The second-order valence-corrected chi connectivity index (χ2v) is 15.1. The average molecular weight is 615 g/mol. The van der Waals surface area contributed by atoms with Crippen molar-refractivity contribution in [2.24, 2.45) is 5.92 Å². The van der Waals surface area contributed by atoms with Gasteiger partial charge in [-0.3, -0.25) is 0 Å². The maximum absolute atomic E-state index is 13.3. The molecule has 42 heavy (non-hydrogen) atoms. The fourth-order valence-corrected chi connectivity index (χ4v) is 8.18. The Bertz CT molecular complexity index is 1520. The van der Waals surface area contributed by atoms with E-state index in [4.69, 9.17) is 0 Å². The minimum atomic E-state index is -3.68. The molecule has 3 aromatic rings. The Morgan fingerprint density at radius 3 is 1.98 bits per heavy atom. The Hall–Kier alpha value is -2.50. The molecular weight excluding hydrogens is 569 g/mol. The average Bonchev–Trinajstić information content (AvgIpc) is 2.97. The largest absolute Gasteiger partial charge is 0.377 e. The van der Waals surface area contributed by atoms with E-state index in [2.05, 4.69) is 14.3 Å². The monoisotopic (exact) mass is 614 g/mol. The van der Waals surface area contributed by atoms with Gasteiger partial charge in [0, 0.05) is 50.2 Å². The number of aryl methyl sites for hydroxylation is 1. The van der Waals surface area contributed by atoms with E-state index in [0.717, 1.165) is 36.3 Å². The maximum atomic E-state index is 13.3. The molecule has 1 aliphatic rings.